The van der Waals surface area contributed by atoms with Crippen molar-refractivity contribution in [1.82, 2.24) is 5.43 Å². The molecule has 0 saturated carbocycles. The zero-order valence-corrected chi connectivity index (χ0v) is 13.7. The van der Waals surface area contributed by atoms with Crippen LogP contribution in [0.1, 0.15) is 21.7 Å². The van der Waals surface area contributed by atoms with Crippen LogP contribution in [0.25, 0.3) is 11.0 Å². The summed E-state index contributed by atoms with van der Waals surface area (Å²) in [6.45, 7) is 1.83. The first-order valence-corrected chi connectivity index (χ1v) is 7.59. The number of para-hydroxylation sites is 1. The third-order valence-corrected chi connectivity index (χ3v) is 4.23. The van der Waals surface area contributed by atoms with Gasteiger partial charge in [0.2, 0.25) is 0 Å². The van der Waals surface area contributed by atoms with Crippen LogP contribution >= 0.6 is 23.2 Å². The van der Waals surface area contributed by atoms with Gasteiger partial charge >= 0.3 is 5.91 Å². The molecule has 116 valence electrons. The number of amides is 1. The van der Waals surface area contributed by atoms with Gasteiger partial charge in [-0.3, -0.25) is 4.79 Å². The number of hydrazone groups is 1. The molecule has 0 unspecified atom stereocenters. The minimum absolute atomic E-state index is 0.237. The van der Waals surface area contributed by atoms with Gasteiger partial charge in [-0.2, -0.15) is 5.10 Å². The highest BCUT2D eigenvalue weighted by molar-refractivity contribution is 6.43. The molecule has 0 fully saturated rings. The highest BCUT2D eigenvalue weighted by Crippen LogP contribution is 2.25. The number of fused-ring (bicyclic) bond motifs is 1. The number of carbonyl (C=O) groups excluding carboxylic acids is 1. The molecule has 2 aromatic carbocycles. The molecule has 0 aliphatic carbocycles. The maximum absolute atomic E-state index is 12.2. The number of rotatable bonds is 3. The number of aryl methyl sites for hydroxylation is 1. The Morgan fingerprint density at radius 2 is 1.96 bits per heavy atom. The standard InChI is InChI=1S/C17H12Cl2N2O2/c1-10-12-6-2-3-8-14(12)23-16(10)17(22)21-20-9-11-5-4-7-13(18)15(11)19/h2-9H,1H3,(H,21,22)/b20-9-. The van der Waals surface area contributed by atoms with E-state index in [1.165, 1.54) is 6.21 Å². The van der Waals surface area contributed by atoms with Crippen LogP contribution in [0.15, 0.2) is 52.0 Å². The van der Waals surface area contributed by atoms with Gasteiger partial charge in [0.25, 0.3) is 0 Å². The van der Waals surface area contributed by atoms with Crippen molar-refractivity contribution in [2.45, 2.75) is 6.92 Å². The van der Waals surface area contributed by atoms with E-state index in [4.69, 9.17) is 27.6 Å². The van der Waals surface area contributed by atoms with Crippen LogP contribution in [-0.4, -0.2) is 12.1 Å². The van der Waals surface area contributed by atoms with Crippen molar-refractivity contribution in [3.8, 4) is 0 Å². The van der Waals surface area contributed by atoms with Crippen LogP contribution in [0.5, 0.6) is 0 Å². The van der Waals surface area contributed by atoms with Crippen LogP contribution < -0.4 is 5.43 Å². The molecule has 4 nitrogen and oxygen atoms in total. The Hall–Kier alpha value is -2.30. The van der Waals surface area contributed by atoms with Crippen molar-refractivity contribution >= 4 is 46.3 Å². The monoisotopic (exact) mass is 346 g/mol. The predicted octanol–water partition coefficient (Wildman–Crippen LogP) is 4.81. The van der Waals surface area contributed by atoms with Crippen molar-refractivity contribution in [3.63, 3.8) is 0 Å². The summed E-state index contributed by atoms with van der Waals surface area (Å²) in [5, 5.41) is 5.61. The zero-order chi connectivity index (χ0) is 16.4. The van der Waals surface area contributed by atoms with Crippen molar-refractivity contribution in [2.24, 2.45) is 5.10 Å². The third-order valence-electron chi connectivity index (χ3n) is 3.40. The molecule has 0 radical (unpaired) electrons. The minimum atomic E-state index is -0.423. The van der Waals surface area contributed by atoms with Gasteiger partial charge in [0, 0.05) is 16.5 Å². The largest absolute Gasteiger partial charge is 0.451 e. The quantitative estimate of drug-likeness (QED) is 0.546. The molecule has 0 aliphatic heterocycles. The maximum atomic E-state index is 12.2. The molecule has 0 bridgehead atoms. The molecule has 0 saturated heterocycles. The van der Waals surface area contributed by atoms with Gasteiger partial charge in [-0.05, 0) is 19.1 Å². The molecule has 3 aromatic rings. The smallest absolute Gasteiger partial charge is 0.307 e. The fourth-order valence-electron chi connectivity index (χ4n) is 2.22. The summed E-state index contributed by atoms with van der Waals surface area (Å²) in [7, 11) is 0. The fraction of sp³-hybridized carbons (Fsp3) is 0.0588. The van der Waals surface area contributed by atoms with E-state index < -0.39 is 5.91 Å². The second kappa shape index (κ2) is 6.44. The molecule has 0 spiro atoms. The summed E-state index contributed by atoms with van der Waals surface area (Å²) >= 11 is 12.0. The average molecular weight is 347 g/mol. The lowest BCUT2D eigenvalue weighted by molar-refractivity contribution is 0.0929. The summed E-state index contributed by atoms with van der Waals surface area (Å²) in [5.74, 6) is -0.186. The molecule has 23 heavy (non-hydrogen) atoms. The second-order valence-corrected chi connectivity index (χ2v) is 5.68. The summed E-state index contributed by atoms with van der Waals surface area (Å²) in [5.41, 5.74) is 4.48. The Bertz CT molecular complexity index is 916. The first-order valence-electron chi connectivity index (χ1n) is 6.83. The SMILES string of the molecule is Cc1c(C(=O)N/N=C\c2cccc(Cl)c2Cl)oc2ccccc12. The number of carbonyl (C=O) groups is 1. The molecular weight excluding hydrogens is 335 g/mol. The fourth-order valence-corrected chi connectivity index (χ4v) is 2.58. The highest BCUT2D eigenvalue weighted by Gasteiger charge is 2.16. The van der Waals surface area contributed by atoms with Crippen LogP contribution in [0.2, 0.25) is 10.0 Å². The summed E-state index contributed by atoms with van der Waals surface area (Å²) in [4.78, 5) is 12.2. The molecule has 1 aromatic heterocycles. The van der Waals surface area contributed by atoms with Crippen molar-refractivity contribution in [1.29, 1.82) is 0 Å². The second-order valence-electron chi connectivity index (χ2n) is 4.89. The van der Waals surface area contributed by atoms with E-state index in [1.54, 1.807) is 18.2 Å². The predicted molar refractivity (Wildman–Crippen MR) is 92.5 cm³/mol. The van der Waals surface area contributed by atoms with Gasteiger partial charge < -0.3 is 4.42 Å². The van der Waals surface area contributed by atoms with Gasteiger partial charge in [0.15, 0.2) is 5.76 Å². The third kappa shape index (κ3) is 3.09. The number of hydrogen-bond donors (Lipinski definition) is 1. The average Bonchev–Trinajstić information content (AvgIpc) is 2.89. The Morgan fingerprint density at radius 1 is 1.17 bits per heavy atom. The zero-order valence-electron chi connectivity index (χ0n) is 12.1. The molecule has 6 heteroatoms. The van der Waals surface area contributed by atoms with E-state index >= 15 is 0 Å². The Balaban J connectivity index is 1.80. The Labute approximate surface area is 142 Å². The number of hydrogen-bond acceptors (Lipinski definition) is 3. The van der Waals surface area contributed by atoms with Gasteiger partial charge in [-0.25, -0.2) is 5.43 Å². The van der Waals surface area contributed by atoms with Crippen molar-refractivity contribution < 1.29 is 9.21 Å². The number of nitrogens with one attached hydrogen (secondary N) is 1. The van der Waals surface area contributed by atoms with Gasteiger partial charge in [-0.1, -0.05) is 53.5 Å². The van der Waals surface area contributed by atoms with E-state index in [0.29, 0.717) is 21.2 Å². The van der Waals surface area contributed by atoms with E-state index in [-0.39, 0.29) is 5.76 Å². The summed E-state index contributed by atoms with van der Waals surface area (Å²) in [6, 6.07) is 12.6. The summed E-state index contributed by atoms with van der Waals surface area (Å²) in [6.07, 6.45) is 1.43. The molecule has 0 aliphatic rings. The van der Waals surface area contributed by atoms with Gasteiger partial charge in [0.1, 0.15) is 5.58 Å². The van der Waals surface area contributed by atoms with Gasteiger partial charge in [0.05, 0.1) is 16.3 Å². The lowest BCUT2D eigenvalue weighted by atomic mass is 10.1. The lowest BCUT2D eigenvalue weighted by Crippen LogP contribution is -2.17. The van der Waals surface area contributed by atoms with Crippen molar-refractivity contribution in [2.75, 3.05) is 0 Å². The number of benzene rings is 2. The van der Waals surface area contributed by atoms with Crippen LogP contribution in [0.4, 0.5) is 0 Å². The lowest BCUT2D eigenvalue weighted by Gasteiger charge is -2.00. The Morgan fingerprint density at radius 3 is 2.74 bits per heavy atom. The normalized spacial score (nSPS) is 11.3. The van der Waals surface area contributed by atoms with Crippen LogP contribution in [-0.2, 0) is 0 Å². The van der Waals surface area contributed by atoms with E-state index in [1.807, 2.05) is 31.2 Å². The van der Waals surface area contributed by atoms with E-state index in [0.717, 1.165) is 10.9 Å². The molecule has 1 amide bonds. The maximum Gasteiger partial charge on any atom is 0.307 e. The van der Waals surface area contributed by atoms with E-state index in [9.17, 15) is 4.79 Å². The Kier molecular flexibility index (Phi) is 4.37. The number of halogens is 2. The topological polar surface area (TPSA) is 54.6 Å². The molecule has 1 N–H and O–H groups in total. The number of furan rings is 1. The minimum Gasteiger partial charge on any atom is -0.451 e. The summed E-state index contributed by atoms with van der Waals surface area (Å²) < 4.78 is 5.57. The van der Waals surface area contributed by atoms with Crippen LogP contribution in [0.3, 0.4) is 0 Å². The highest BCUT2D eigenvalue weighted by atomic mass is 35.5. The van der Waals surface area contributed by atoms with Gasteiger partial charge in [-0.15, -0.1) is 0 Å². The number of nitrogens with zero attached hydrogens (tertiary/aromatic N) is 1. The molecule has 1 heterocycles. The van der Waals surface area contributed by atoms with Crippen molar-refractivity contribution in [3.05, 3.63) is 69.4 Å². The molecular formula is C17H12Cl2N2O2. The van der Waals surface area contributed by atoms with Crippen LogP contribution in [0, 0.1) is 6.92 Å². The van der Waals surface area contributed by atoms with E-state index in [2.05, 4.69) is 10.5 Å². The molecule has 3 rings (SSSR count). The molecule has 0 atom stereocenters. The first kappa shape index (κ1) is 15.6. The first-order chi connectivity index (χ1) is 11.1.